The molecule has 9 aromatic rings. The van der Waals surface area contributed by atoms with Crippen LogP contribution in [0.25, 0.3) is 76.1 Å². The molecule has 0 radical (unpaired) electrons. The molecule has 3 nitrogen and oxygen atoms in total. The van der Waals surface area contributed by atoms with Crippen molar-refractivity contribution < 1.29 is 4.42 Å². The Hall–Kier alpha value is -5.97. The molecule has 50 heavy (non-hydrogen) atoms. The van der Waals surface area contributed by atoms with Gasteiger partial charge in [-0.05, 0) is 75.5 Å². The molecule has 0 aliphatic heterocycles. The van der Waals surface area contributed by atoms with Gasteiger partial charge in [-0.1, -0.05) is 111 Å². The fourth-order valence-corrected chi connectivity index (χ4v) is 9.55. The molecule has 0 atom stereocenters. The fourth-order valence-electron chi connectivity index (χ4n) is 8.45. The van der Waals surface area contributed by atoms with E-state index in [1.54, 1.807) is 11.3 Å². The number of anilines is 3. The molecule has 7 aromatic carbocycles. The zero-order valence-electron chi connectivity index (χ0n) is 27.6. The summed E-state index contributed by atoms with van der Waals surface area (Å²) in [6, 6.07) is 52.6. The van der Waals surface area contributed by atoms with Crippen molar-refractivity contribution >= 4 is 61.1 Å². The summed E-state index contributed by atoms with van der Waals surface area (Å²) in [6.07, 6.45) is 0. The van der Waals surface area contributed by atoms with E-state index in [2.05, 4.69) is 152 Å². The van der Waals surface area contributed by atoms with E-state index in [9.17, 15) is 0 Å². The second-order valence-corrected chi connectivity index (χ2v) is 15.0. The molecule has 0 fully saturated rings. The molecular formula is C46H30N2OS. The van der Waals surface area contributed by atoms with Crippen LogP contribution in [0.2, 0.25) is 0 Å². The van der Waals surface area contributed by atoms with Crippen LogP contribution >= 0.6 is 11.3 Å². The molecular weight excluding hydrogens is 629 g/mol. The molecule has 0 saturated heterocycles. The standard InChI is InChI=1S/C46H30N2OS/c1-46(2)38-18-5-3-14-32(38)33-22-20-30(25-39(33)46)48(31-21-23-35-34-15-4-6-19-40(34)49-41(35)26-31)29-13-7-12-28(24-29)45-47-43-36-16-8-10-27-11-9-17-37(42(27)36)44(43)50-45/h3-26H,1-2H3. The third-order valence-electron chi connectivity index (χ3n) is 10.8. The van der Waals surface area contributed by atoms with Crippen LogP contribution in [0.4, 0.5) is 17.1 Å². The zero-order valence-corrected chi connectivity index (χ0v) is 28.4. The third-order valence-corrected chi connectivity index (χ3v) is 12.0. The van der Waals surface area contributed by atoms with Crippen molar-refractivity contribution in [3.63, 3.8) is 0 Å². The first kappa shape index (κ1) is 27.9. The molecule has 0 N–H and O–H groups in total. The van der Waals surface area contributed by atoms with Crippen molar-refractivity contribution in [2.45, 2.75) is 19.3 Å². The van der Waals surface area contributed by atoms with Gasteiger partial charge in [0.1, 0.15) is 16.2 Å². The lowest BCUT2D eigenvalue weighted by Gasteiger charge is -2.28. The molecule has 2 aliphatic carbocycles. The number of thiazole rings is 1. The maximum atomic E-state index is 6.41. The Morgan fingerprint density at radius 1 is 0.560 bits per heavy atom. The van der Waals surface area contributed by atoms with Gasteiger partial charge in [-0.15, -0.1) is 11.3 Å². The summed E-state index contributed by atoms with van der Waals surface area (Å²) in [4.78, 5) is 8.91. The largest absolute Gasteiger partial charge is 0.456 e. The smallest absolute Gasteiger partial charge is 0.137 e. The van der Waals surface area contributed by atoms with E-state index in [-0.39, 0.29) is 5.41 Å². The van der Waals surface area contributed by atoms with Crippen molar-refractivity contribution in [3.8, 4) is 43.4 Å². The number of rotatable bonds is 4. The first-order valence-electron chi connectivity index (χ1n) is 17.1. The van der Waals surface area contributed by atoms with Crippen molar-refractivity contribution in [1.29, 1.82) is 0 Å². The summed E-state index contributed by atoms with van der Waals surface area (Å²) in [5.41, 5.74) is 15.0. The van der Waals surface area contributed by atoms with Crippen LogP contribution in [0.3, 0.4) is 0 Å². The van der Waals surface area contributed by atoms with Crippen molar-refractivity contribution in [2.24, 2.45) is 0 Å². The highest BCUT2D eigenvalue weighted by atomic mass is 32.1. The predicted molar refractivity (Wildman–Crippen MR) is 209 cm³/mol. The highest BCUT2D eigenvalue weighted by Crippen LogP contribution is 2.53. The van der Waals surface area contributed by atoms with Crippen LogP contribution < -0.4 is 4.90 Å². The van der Waals surface area contributed by atoms with Crippen LogP contribution in [0, 0.1) is 0 Å². The fraction of sp³-hybridized carbons (Fsp3) is 0.0652. The minimum absolute atomic E-state index is 0.112. The molecule has 0 saturated carbocycles. The van der Waals surface area contributed by atoms with Gasteiger partial charge in [-0.3, -0.25) is 0 Å². The van der Waals surface area contributed by atoms with Crippen LogP contribution in [0.15, 0.2) is 150 Å². The van der Waals surface area contributed by atoms with E-state index in [0.29, 0.717) is 0 Å². The normalized spacial score (nSPS) is 13.6. The lowest BCUT2D eigenvalue weighted by molar-refractivity contribution is 0.660. The van der Waals surface area contributed by atoms with Gasteiger partial charge in [0.25, 0.3) is 0 Å². The quantitative estimate of drug-likeness (QED) is 0.188. The topological polar surface area (TPSA) is 29.3 Å². The monoisotopic (exact) mass is 658 g/mol. The summed E-state index contributed by atoms with van der Waals surface area (Å²) in [6.45, 7) is 4.68. The Bertz CT molecular complexity index is 2820. The predicted octanol–water partition coefficient (Wildman–Crippen LogP) is 13.3. The zero-order chi connectivity index (χ0) is 33.1. The maximum Gasteiger partial charge on any atom is 0.137 e. The Labute approximate surface area is 293 Å². The Balaban J connectivity index is 1.08. The van der Waals surface area contributed by atoms with E-state index in [4.69, 9.17) is 9.40 Å². The summed E-state index contributed by atoms with van der Waals surface area (Å²) < 4.78 is 6.41. The van der Waals surface area contributed by atoms with Crippen LogP contribution in [0.1, 0.15) is 25.0 Å². The molecule has 0 spiro atoms. The van der Waals surface area contributed by atoms with Gasteiger partial charge in [-0.25, -0.2) is 4.98 Å². The summed E-state index contributed by atoms with van der Waals surface area (Å²) in [7, 11) is 0. The van der Waals surface area contributed by atoms with Crippen LogP contribution in [-0.4, -0.2) is 4.98 Å². The van der Waals surface area contributed by atoms with Gasteiger partial charge in [-0.2, -0.15) is 0 Å². The lowest BCUT2D eigenvalue weighted by atomic mass is 9.82. The number of nitrogens with zero attached hydrogens (tertiary/aromatic N) is 2. The molecule has 0 bridgehead atoms. The van der Waals surface area contributed by atoms with E-state index >= 15 is 0 Å². The molecule has 0 unspecified atom stereocenters. The molecule has 2 aliphatic rings. The number of furan rings is 1. The van der Waals surface area contributed by atoms with Crippen molar-refractivity contribution in [2.75, 3.05) is 4.90 Å². The second kappa shape index (κ2) is 10.0. The molecule has 2 heterocycles. The van der Waals surface area contributed by atoms with Crippen LogP contribution in [-0.2, 0) is 5.41 Å². The number of benzene rings is 7. The summed E-state index contributed by atoms with van der Waals surface area (Å²) in [5.74, 6) is 0. The molecule has 11 rings (SSSR count). The summed E-state index contributed by atoms with van der Waals surface area (Å²) in [5, 5.41) is 5.87. The average molecular weight is 659 g/mol. The maximum absolute atomic E-state index is 6.41. The van der Waals surface area contributed by atoms with Gasteiger partial charge in [0, 0.05) is 56.0 Å². The molecule has 2 aromatic heterocycles. The van der Waals surface area contributed by atoms with Crippen molar-refractivity contribution in [3.05, 3.63) is 157 Å². The highest BCUT2D eigenvalue weighted by molar-refractivity contribution is 7.19. The Morgan fingerprint density at radius 3 is 2.18 bits per heavy atom. The highest BCUT2D eigenvalue weighted by Gasteiger charge is 2.36. The number of para-hydroxylation sites is 1. The minimum atomic E-state index is -0.112. The average Bonchev–Trinajstić information content (AvgIpc) is 3.89. The Morgan fingerprint density at radius 2 is 1.26 bits per heavy atom. The van der Waals surface area contributed by atoms with Gasteiger partial charge in [0.15, 0.2) is 0 Å². The number of fused-ring (bicyclic) bond motifs is 9. The Kier molecular flexibility index (Phi) is 5.61. The van der Waals surface area contributed by atoms with E-state index in [0.717, 1.165) is 55.3 Å². The van der Waals surface area contributed by atoms with Crippen LogP contribution in [0.5, 0.6) is 0 Å². The first-order valence-corrected chi connectivity index (χ1v) is 17.9. The molecule has 0 amide bonds. The van der Waals surface area contributed by atoms with E-state index in [1.165, 1.54) is 49.0 Å². The number of hydrogen-bond acceptors (Lipinski definition) is 4. The van der Waals surface area contributed by atoms with Gasteiger partial charge in [0.05, 0.1) is 10.6 Å². The third kappa shape index (κ3) is 3.82. The van der Waals surface area contributed by atoms with Gasteiger partial charge < -0.3 is 9.32 Å². The van der Waals surface area contributed by atoms with E-state index < -0.39 is 0 Å². The van der Waals surface area contributed by atoms with Gasteiger partial charge >= 0.3 is 0 Å². The number of hydrogen-bond donors (Lipinski definition) is 0. The second-order valence-electron chi connectivity index (χ2n) is 14.0. The lowest BCUT2D eigenvalue weighted by Crippen LogP contribution is -2.16. The minimum Gasteiger partial charge on any atom is -0.456 e. The van der Waals surface area contributed by atoms with Crippen molar-refractivity contribution in [1.82, 2.24) is 4.98 Å². The first-order chi connectivity index (χ1) is 24.5. The molecule has 4 heteroatoms. The summed E-state index contributed by atoms with van der Waals surface area (Å²) >= 11 is 1.79. The van der Waals surface area contributed by atoms with E-state index in [1.807, 2.05) is 12.1 Å². The van der Waals surface area contributed by atoms with Gasteiger partial charge in [0.2, 0.25) is 0 Å². The molecule has 236 valence electrons. The SMILES string of the molecule is CC1(C)c2ccccc2-c2ccc(N(c3cccc(-c4nc5c(s4)-c4cccc6cccc-5c46)c3)c3ccc4c(c3)oc3ccccc34)cc21. The number of aromatic nitrogens is 1.